The zero-order valence-electron chi connectivity index (χ0n) is 11.8. The maximum atomic E-state index is 12.5. The van der Waals surface area contributed by atoms with Gasteiger partial charge in [0, 0.05) is 29.8 Å². The molecule has 0 atom stereocenters. The van der Waals surface area contributed by atoms with E-state index in [2.05, 4.69) is 29.1 Å². The number of carbonyl (C=O) groups excluding carboxylic acids is 1. The summed E-state index contributed by atoms with van der Waals surface area (Å²) in [6.45, 7) is 1.60. The number of hydrogen-bond acceptors (Lipinski definition) is 2. The van der Waals surface area contributed by atoms with Crippen molar-refractivity contribution in [1.29, 1.82) is 0 Å². The molecule has 4 heteroatoms. The Labute approximate surface area is 119 Å². The molecule has 2 heterocycles. The lowest BCUT2D eigenvalue weighted by Gasteiger charge is -2.30. The normalized spacial score (nSPS) is 31.7. The van der Waals surface area contributed by atoms with Gasteiger partial charge in [0.15, 0.2) is 0 Å². The van der Waals surface area contributed by atoms with Crippen molar-refractivity contribution < 1.29 is 9.63 Å². The minimum atomic E-state index is 0.177. The van der Waals surface area contributed by atoms with Crippen LogP contribution in [-0.4, -0.2) is 28.7 Å². The molecule has 1 aliphatic heterocycles. The molecule has 0 N–H and O–H groups in total. The SMILES string of the molecule is O=C(C1CCC(n2cccc2)CC1)N1CC2(CC2)CO1. The molecule has 0 unspecified atom stereocenters. The molecular weight excluding hydrogens is 252 g/mol. The number of aromatic nitrogens is 1. The van der Waals surface area contributed by atoms with Crippen molar-refractivity contribution in [2.24, 2.45) is 11.3 Å². The third kappa shape index (κ3) is 2.16. The highest BCUT2D eigenvalue weighted by Crippen LogP contribution is 2.50. The number of hydrogen-bond donors (Lipinski definition) is 0. The second kappa shape index (κ2) is 4.62. The number of carbonyl (C=O) groups is 1. The molecule has 0 bridgehead atoms. The van der Waals surface area contributed by atoms with Crippen molar-refractivity contribution in [2.75, 3.05) is 13.2 Å². The Balaban J connectivity index is 1.33. The van der Waals surface area contributed by atoms with Crippen LogP contribution in [0.15, 0.2) is 24.5 Å². The molecule has 1 spiro atoms. The van der Waals surface area contributed by atoms with E-state index in [4.69, 9.17) is 4.84 Å². The summed E-state index contributed by atoms with van der Waals surface area (Å²) < 4.78 is 2.28. The summed E-state index contributed by atoms with van der Waals surface area (Å²) in [6.07, 6.45) is 10.9. The second-order valence-corrected chi connectivity index (χ2v) is 6.78. The largest absolute Gasteiger partial charge is 0.351 e. The average Bonchev–Trinajstić information content (AvgIpc) is 2.92. The predicted octanol–water partition coefficient (Wildman–Crippen LogP) is 2.77. The van der Waals surface area contributed by atoms with Gasteiger partial charge in [0.2, 0.25) is 5.91 Å². The summed E-state index contributed by atoms with van der Waals surface area (Å²) in [7, 11) is 0. The summed E-state index contributed by atoms with van der Waals surface area (Å²) in [5.41, 5.74) is 0.345. The first-order valence-electron chi connectivity index (χ1n) is 7.83. The van der Waals surface area contributed by atoms with Gasteiger partial charge in [-0.05, 0) is 50.7 Å². The van der Waals surface area contributed by atoms with Gasteiger partial charge in [-0.3, -0.25) is 9.63 Å². The first kappa shape index (κ1) is 12.5. The van der Waals surface area contributed by atoms with Gasteiger partial charge >= 0.3 is 0 Å². The van der Waals surface area contributed by atoms with Crippen LogP contribution in [0.3, 0.4) is 0 Å². The average molecular weight is 274 g/mol. The van der Waals surface area contributed by atoms with Crippen LogP contribution in [0, 0.1) is 11.3 Å². The number of nitrogens with zero attached hydrogens (tertiary/aromatic N) is 2. The Morgan fingerprint density at radius 3 is 2.40 bits per heavy atom. The second-order valence-electron chi connectivity index (χ2n) is 6.78. The lowest BCUT2D eigenvalue weighted by Crippen LogP contribution is -2.35. The van der Waals surface area contributed by atoms with Gasteiger partial charge in [-0.2, -0.15) is 0 Å². The smallest absolute Gasteiger partial charge is 0.249 e. The van der Waals surface area contributed by atoms with Crippen LogP contribution >= 0.6 is 0 Å². The Bertz CT molecular complexity index is 485. The molecular formula is C16H22N2O2. The van der Waals surface area contributed by atoms with E-state index in [1.165, 1.54) is 12.8 Å². The molecule has 1 saturated heterocycles. The third-order valence-electron chi connectivity index (χ3n) is 5.30. The van der Waals surface area contributed by atoms with E-state index in [-0.39, 0.29) is 11.8 Å². The minimum Gasteiger partial charge on any atom is -0.351 e. The van der Waals surface area contributed by atoms with Gasteiger partial charge in [0.1, 0.15) is 0 Å². The van der Waals surface area contributed by atoms with Crippen LogP contribution in [0.25, 0.3) is 0 Å². The maximum absolute atomic E-state index is 12.5. The molecule has 0 radical (unpaired) electrons. The summed E-state index contributed by atoms with van der Waals surface area (Å²) in [6, 6.07) is 4.72. The Morgan fingerprint density at radius 2 is 1.80 bits per heavy atom. The van der Waals surface area contributed by atoms with Crippen molar-refractivity contribution in [3.05, 3.63) is 24.5 Å². The van der Waals surface area contributed by atoms with E-state index in [9.17, 15) is 4.79 Å². The highest BCUT2D eigenvalue weighted by molar-refractivity contribution is 5.78. The monoisotopic (exact) mass is 274 g/mol. The quantitative estimate of drug-likeness (QED) is 0.831. The fraction of sp³-hybridized carbons (Fsp3) is 0.688. The van der Waals surface area contributed by atoms with E-state index in [0.717, 1.165) is 38.8 Å². The van der Waals surface area contributed by atoms with Crippen LogP contribution in [0.4, 0.5) is 0 Å². The van der Waals surface area contributed by atoms with Crippen LogP contribution in [0.2, 0.25) is 0 Å². The summed E-state index contributed by atoms with van der Waals surface area (Å²) in [4.78, 5) is 18.1. The molecule has 108 valence electrons. The summed E-state index contributed by atoms with van der Waals surface area (Å²) in [5, 5.41) is 1.67. The van der Waals surface area contributed by atoms with E-state index in [1.807, 2.05) is 0 Å². The molecule has 2 aliphatic carbocycles. The number of amides is 1. The molecule has 1 aromatic rings. The van der Waals surface area contributed by atoms with Gasteiger partial charge in [0.25, 0.3) is 0 Å². The van der Waals surface area contributed by atoms with Gasteiger partial charge in [0.05, 0.1) is 13.2 Å². The zero-order chi connectivity index (χ0) is 13.6. The predicted molar refractivity (Wildman–Crippen MR) is 74.8 cm³/mol. The highest BCUT2D eigenvalue weighted by Gasteiger charge is 2.51. The standard InChI is InChI=1S/C16H22N2O2/c19-15(18-11-16(7-8-16)12-20-18)13-3-5-14(6-4-13)17-9-1-2-10-17/h1-2,9-10,13-14H,3-8,11-12H2. The first-order valence-corrected chi connectivity index (χ1v) is 7.83. The van der Waals surface area contributed by atoms with Crippen molar-refractivity contribution in [3.8, 4) is 0 Å². The number of rotatable bonds is 2. The molecule has 3 fully saturated rings. The van der Waals surface area contributed by atoms with Crippen molar-refractivity contribution in [1.82, 2.24) is 9.63 Å². The fourth-order valence-electron chi connectivity index (χ4n) is 3.65. The zero-order valence-corrected chi connectivity index (χ0v) is 11.8. The Kier molecular flexibility index (Phi) is 2.88. The van der Waals surface area contributed by atoms with Crippen LogP contribution in [0.1, 0.15) is 44.6 Å². The third-order valence-corrected chi connectivity index (χ3v) is 5.30. The van der Waals surface area contributed by atoms with Crippen LogP contribution in [-0.2, 0) is 9.63 Å². The van der Waals surface area contributed by atoms with E-state index in [0.29, 0.717) is 11.5 Å². The molecule has 2 saturated carbocycles. The van der Waals surface area contributed by atoms with Gasteiger partial charge in [-0.25, -0.2) is 5.06 Å². The Hall–Kier alpha value is -1.29. The molecule has 4 nitrogen and oxygen atoms in total. The van der Waals surface area contributed by atoms with Gasteiger partial charge in [-0.15, -0.1) is 0 Å². The topological polar surface area (TPSA) is 34.5 Å². The van der Waals surface area contributed by atoms with Crippen molar-refractivity contribution >= 4 is 5.91 Å². The van der Waals surface area contributed by atoms with Crippen LogP contribution in [0.5, 0.6) is 0 Å². The van der Waals surface area contributed by atoms with E-state index < -0.39 is 0 Å². The van der Waals surface area contributed by atoms with E-state index >= 15 is 0 Å². The number of hydroxylamine groups is 2. The molecule has 3 aliphatic rings. The highest BCUT2D eigenvalue weighted by atomic mass is 16.7. The lowest BCUT2D eigenvalue weighted by atomic mass is 9.85. The molecule has 0 aromatic carbocycles. The molecule has 1 amide bonds. The minimum absolute atomic E-state index is 0.177. The van der Waals surface area contributed by atoms with Crippen LogP contribution < -0.4 is 0 Å². The van der Waals surface area contributed by atoms with E-state index in [1.54, 1.807) is 5.06 Å². The van der Waals surface area contributed by atoms with Gasteiger partial charge < -0.3 is 4.57 Å². The Morgan fingerprint density at radius 1 is 1.10 bits per heavy atom. The fourth-order valence-corrected chi connectivity index (χ4v) is 3.65. The first-order chi connectivity index (χ1) is 9.76. The van der Waals surface area contributed by atoms with Gasteiger partial charge in [-0.1, -0.05) is 0 Å². The molecule has 20 heavy (non-hydrogen) atoms. The van der Waals surface area contributed by atoms with Crippen molar-refractivity contribution in [2.45, 2.75) is 44.6 Å². The maximum Gasteiger partial charge on any atom is 0.249 e. The molecule has 1 aromatic heterocycles. The molecule has 4 rings (SSSR count). The summed E-state index contributed by atoms with van der Waals surface area (Å²) >= 11 is 0. The summed E-state index contributed by atoms with van der Waals surface area (Å²) in [5.74, 6) is 0.412. The lowest BCUT2D eigenvalue weighted by molar-refractivity contribution is -0.174. The van der Waals surface area contributed by atoms with Crippen molar-refractivity contribution in [3.63, 3.8) is 0 Å².